The summed E-state index contributed by atoms with van der Waals surface area (Å²) in [5.41, 5.74) is 8.46. The summed E-state index contributed by atoms with van der Waals surface area (Å²) in [6, 6.07) is 7.98. The zero-order valence-electron chi connectivity index (χ0n) is 11.1. The van der Waals surface area contributed by atoms with Crippen LogP contribution in [0.1, 0.15) is 19.0 Å². The van der Waals surface area contributed by atoms with Gasteiger partial charge in [-0.3, -0.25) is 0 Å². The number of hydrogen-bond donors (Lipinski definition) is 1. The molecule has 0 amide bonds. The molecule has 0 atom stereocenters. The topological polar surface area (TPSA) is 55.0 Å². The lowest BCUT2D eigenvalue weighted by atomic mass is 10.2. The lowest BCUT2D eigenvalue weighted by Gasteiger charge is -2.23. The monoisotopic (exact) mass is 244 g/mol. The van der Waals surface area contributed by atoms with Gasteiger partial charge in [0.2, 0.25) is 0 Å². The Morgan fingerprint density at radius 2 is 1.83 bits per heavy atom. The van der Waals surface area contributed by atoms with E-state index in [2.05, 4.69) is 16.8 Å². The molecule has 2 aromatic rings. The van der Waals surface area contributed by atoms with Crippen LogP contribution in [-0.4, -0.2) is 29.6 Å². The van der Waals surface area contributed by atoms with Crippen molar-refractivity contribution in [2.75, 3.05) is 24.5 Å². The van der Waals surface area contributed by atoms with Gasteiger partial charge >= 0.3 is 0 Å². The van der Waals surface area contributed by atoms with Gasteiger partial charge in [0, 0.05) is 13.1 Å². The fourth-order valence-electron chi connectivity index (χ4n) is 2.07. The number of nitrogens with zero attached hydrogens (tertiary/aromatic N) is 3. The number of hydrogen-bond acceptors (Lipinski definition) is 4. The van der Waals surface area contributed by atoms with E-state index < -0.39 is 0 Å². The van der Waals surface area contributed by atoms with Crippen LogP contribution in [0.2, 0.25) is 0 Å². The highest BCUT2D eigenvalue weighted by molar-refractivity contribution is 5.76. The van der Waals surface area contributed by atoms with E-state index in [1.807, 2.05) is 31.2 Å². The Morgan fingerprint density at radius 3 is 2.44 bits per heavy atom. The lowest BCUT2D eigenvalue weighted by molar-refractivity contribution is 0.741. The van der Waals surface area contributed by atoms with Gasteiger partial charge < -0.3 is 10.6 Å². The number of benzene rings is 1. The van der Waals surface area contributed by atoms with Crippen molar-refractivity contribution in [1.82, 2.24) is 9.97 Å². The van der Waals surface area contributed by atoms with Crippen molar-refractivity contribution in [1.29, 1.82) is 0 Å². The van der Waals surface area contributed by atoms with Crippen LogP contribution in [-0.2, 0) is 0 Å². The summed E-state index contributed by atoms with van der Waals surface area (Å²) >= 11 is 0. The second-order valence-electron chi connectivity index (χ2n) is 4.34. The first-order valence-electron chi connectivity index (χ1n) is 6.44. The van der Waals surface area contributed by atoms with Crippen LogP contribution in [0.25, 0.3) is 11.0 Å². The van der Waals surface area contributed by atoms with Crippen LogP contribution in [0.4, 0.5) is 5.82 Å². The zero-order chi connectivity index (χ0) is 13.0. The fourth-order valence-corrected chi connectivity index (χ4v) is 2.07. The molecule has 0 unspecified atom stereocenters. The molecular formula is C14H20N4. The molecule has 1 aromatic heterocycles. The predicted octanol–water partition coefficient (Wildman–Crippen LogP) is 2.11. The number of aromatic nitrogens is 2. The van der Waals surface area contributed by atoms with Gasteiger partial charge in [0.15, 0.2) is 5.82 Å². The molecule has 0 saturated carbocycles. The maximum absolute atomic E-state index is 5.58. The van der Waals surface area contributed by atoms with Crippen molar-refractivity contribution in [3.63, 3.8) is 0 Å². The summed E-state index contributed by atoms with van der Waals surface area (Å²) in [5.74, 6) is 0.977. The summed E-state index contributed by atoms with van der Waals surface area (Å²) in [4.78, 5) is 11.6. The molecule has 1 heterocycles. The molecule has 0 aliphatic carbocycles. The first kappa shape index (κ1) is 12.8. The number of rotatable bonds is 5. The molecule has 18 heavy (non-hydrogen) atoms. The smallest absolute Gasteiger partial charge is 0.150 e. The highest BCUT2D eigenvalue weighted by Crippen LogP contribution is 2.19. The van der Waals surface area contributed by atoms with E-state index in [0.29, 0.717) is 6.54 Å². The van der Waals surface area contributed by atoms with Crippen molar-refractivity contribution in [3.05, 3.63) is 30.0 Å². The van der Waals surface area contributed by atoms with Gasteiger partial charge in [-0.25, -0.2) is 9.97 Å². The van der Waals surface area contributed by atoms with Gasteiger partial charge in [0.25, 0.3) is 0 Å². The molecule has 96 valence electrons. The van der Waals surface area contributed by atoms with Crippen LogP contribution in [0.3, 0.4) is 0 Å². The highest BCUT2D eigenvalue weighted by atomic mass is 15.2. The molecule has 0 bridgehead atoms. The molecule has 2 N–H and O–H groups in total. The fraction of sp³-hybridized carbons (Fsp3) is 0.429. The van der Waals surface area contributed by atoms with E-state index >= 15 is 0 Å². The molecule has 0 aliphatic rings. The number of nitrogens with two attached hydrogens (primary N) is 1. The third-order valence-corrected chi connectivity index (χ3v) is 3.03. The standard InChI is InChI=1S/C14H20N4/c1-3-18(10-6-9-15)14-11(2)16-12-7-4-5-8-13(12)17-14/h4-5,7-8H,3,6,9-10,15H2,1-2H3. The number of aryl methyl sites for hydroxylation is 1. The molecule has 1 aromatic carbocycles. The molecular weight excluding hydrogens is 224 g/mol. The predicted molar refractivity (Wildman–Crippen MR) is 75.8 cm³/mol. The summed E-state index contributed by atoms with van der Waals surface area (Å²) < 4.78 is 0. The summed E-state index contributed by atoms with van der Waals surface area (Å²) in [7, 11) is 0. The Morgan fingerprint density at radius 1 is 1.17 bits per heavy atom. The summed E-state index contributed by atoms with van der Waals surface area (Å²) in [5, 5.41) is 0. The van der Waals surface area contributed by atoms with Gasteiger partial charge in [-0.05, 0) is 38.9 Å². The number of para-hydroxylation sites is 2. The SMILES string of the molecule is CCN(CCCN)c1nc2ccccc2nc1C. The third kappa shape index (κ3) is 2.59. The molecule has 0 aliphatic heterocycles. The average Bonchev–Trinajstić information content (AvgIpc) is 2.40. The van der Waals surface area contributed by atoms with E-state index in [1.54, 1.807) is 0 Å². The molecule has 4 heteroatoms. The molecule has 0 radical (unpaired) electrons. The van der Waals surface area contributed by atoms with E-state index in [0.717, 1.165) is 42.1 Å². The lowest BCUT2D eigenvalue weighted by Crippen LogP contribution is -2.27. The molecule has 4 nitrogen and oxygen atoms in total. The van der Waals surface area contributed by atoms with Crippen molar-refractivity contribution >= 4 is 16.9 Å². The quantitative estimate of drug-likeness (QED) is 0.875. The second kappa shape index (κ2) is 5.78. The van der Waals surface area contributed by atoms with Crippen LogP contribution in [0.15, 0.2) is 24.3 Å². The molecule has 0 spiro atoms. The van der Waals surface area contributed by atoms with Gasteiger partial charge in [0.1, 0.15) is 0 Å². The normalized spacial score (nSPS) is 10.8. The molecule has 0 saturated heterocycles. The first-order chi connectivity index (χ1) is 8.76. The Hall–Kier alpha value is -1.68. The Labute approximate surface area is 108 Å². The van der Waals surface area contributed by atoms with Crippen molar-refractivity contribution in [3.8, 4) is 0 Å². The maximum atomic E-state index is 5.58. The van der Waals surface area contributed by atoms with E-state index in [1.165, 1.54) is 0 Å². The number of anilines is 1. The van der Waals surface area contributed by atoms with E-state index in [9.17, 15) is 0 Å². The van der Waals surface area contributed by atoms with Crippen molar-refractivity contribution in [2.45, 2.75) is 20.3 Å². The second-order valence-corrected chi connectivity index (χ2v) is 4.34. The van der Waals surface area contributed by atoms with Gasteiger partial charge in [-0.2, -0.15) is 0 Å². The summed E-state index contributed by atoms with van der Waals surface area (Å²) in [6.45, 7) is 6.71. The van der Waals surface area contributed by atoms with E-state index in [4.69, 9.17) is 10.7 Å². The van der Waals surface area contributed by atoms with E-state index in [-0.39, 0.29) is 0 Å². The molecule has 0 fully saturated rings. The largest absolute Gasteiger partial charge is 0.355 e. The van der Waals surface area contributed by atoms with Crippen molar-refractivity contribution in [2.24, 2.45) is 5.73 Å². The number of fused-ring (bicyclic) bond motifs is 1. The minimum Gasteiger partial charge on any atom is -0.355 e. The van der Waals surface area contributed by atoms with Crippen LogP contribution in [0, 0.1) is 6.92 Å². The van der Waals surface area contributed by atoms with Gasteiger partial charge in [-0.15, -0.1) is 0 Å². The minimum absolute atomic E-state index is 0.705. The van der Waals surface area contributed by atoms with Gasteiger partial charge in [0.05, 0.1) is 16.7 Å². The minimum atomic E-state index is 0.705. The summed E-state index contributed by atoms with van der Waals surface area (Å²) in [6.07, 6.45) is 0.974. The van der Waals surface area contributed by atoms with Crippen LogP contribution < -0.4 is 10.6 Å². The Balaban J connectivity index is 2.39. The highest BCUT2D eigenvalue weighted by Gasteiger charge is 2.11. The van der Waals surface area contributed by atoms with Crippen LogP contribution >= 0.6 is 0 Å². The maximum Gasteiger partial charge on any atom is 0.150 e. The average molecular weight is 244 g/mol. The molecule has 2 rings (SSSR count). The first-order valence-corrected chi connectivity index (χ1v) is 6.44. The van der Waals surface area contributed by atoms with Gasteiger partial charge in [-0.1, -0.05) is 12.1 Å². The zero-order valence-corrected chi connectivity index (χ0v) is 11.1. The Kier molecular flexibility index (Phi) is 4.10. The Bertz CT molecular complexity index is 524. The third-order valence-electron chi connectivity index (χ3n) is 3.03. The van der Waals surface area contributed by atoms with Crippen molar-refractivity contribution < 1.29 is 0 Å². The van der Waals surface area contributed by atoms with Crippen LogP contribution in [0.5, 0.6) is 0 Å².